The molecule has 0 heterocycles. The van der Waals surface area contributed by atoms with Gasteiger partial charge >= 0.3 is 0 Å². The molecule has 0 aromatic heterocycles. The van der Waals surface area contributed by atoms with E-state index < -0.39 is 0 Å². The molecule has 2 N–H and O–H groups in total. The normalized spacial score (nSPS) is 10.2. The summed E-state index contributed by atoms with van der Waals surface area (Å²) in [5.74, 6) is 0.573. The van der Waals surface area contributed by atoms with Crippen LogP contribution in [0.1, 0.15) is 11.1 Å². The Labute approximate surface area is 76.2 Å². The van der Waals surface area contributed by atoms with Crippen molar-refractivity contribution < 1.29 is 4.39 Å². The second kappa shape index (κ2) is 4.48. The number of halogens is 1. The van der Waals surface area contributed by atoms with Crippen LogP contribution < -0.4 is 5.73 Å². The molecular formula is C9H12FNS. The largest absolute Gasteiger partial charge is 0.326 e. The third-order valence-corrected chi connectivity index (χ3v) is 2.25. The minimum Gasteiger partial charge on any atom is -0.326 e. The molecule has 0 unspecified atom stereocenters. The number of rotatable bonds is 3. The van der Waals surface area contributed by atoms with E-state index in [1.165, 1.54) is 6.07 Å². The van der Waals surface area contributed by atoms with Crippen molar-refractivity contribution in [1.29, 1.82) is 0 Å². The Balaban J connectivity index is 2.87. The Bertz CT molecular complexity index is 263. The van der Waals surface area contributed by atoms with E-state index in [0.29, 0.717) is 6.54 Å². The Kier molecular flexibility index (Phi) is 3.56. The highest BCUT2D eigenvalue weighted by atomic mass is 32.2. The van der Waals surface area contributed by atoms with Crippen LogP contribution in [0.5, 0.6) is 0 Å². The van der Waals surface area contributed by atoms with Crippen LogP contribution in [0, 0.1) is 5.82 Å². The Morgan fingerprint density at radius 2 is 2.25 bits per heavy atom. The van der Waals surface area contributed by atoms with E-state index in [-0.39, 0.29) is 5.82 Å². The molecule has 0 fully saturated rings. The van der Waals surface area contributed by atoms with Crippen molar-refractivity contribution in [2.45, 2.75) is 12.3 Å². The summed E-state index contributed by atoms with van der Waals surface area (Å²) in [5.41, 5.74) is 6.97. The second-order valence-corrected chi connectivity index (χ2v) is 3.43. The zero-order valence-electron chi connectivity index (χ0n) is 7.01. The molecule has 0 saturated carbocycles. The van der Waals surface area contributed by atoms with Gasteiger partial charge in [-0.2, -0.15) is 11.8 Å². The van der Waals surface area contributed by atoms with Gasteiger partial charge < -0.3 is 5.73 Å². The lowest BCUT2D eigenvalue weighted by molar-refractivity contribution is 0.615. The van der Waals surface area contributed by atoms with Crippen molar-refractivity contribution in [3.63, 3.8) is 0 Å². The zero-order chi connectivity index (χ0) is 8.97. The van der Waals surface area contributed by atoms with Gasteiger partial charge in [0.2, 0.25) is 0 Å². The summed E-state index contributed by atoms with van der Waals surface area (Å²) in [6.45, 7) is 0.399. The topological polar surface area (TPSA) is 26.0 Å². The highest BCUT2D eigenvalue weighted by Crippen LogP contribution is 2.14. The van der Waals surface area contributed by atoms with Crippen molar-refractivity contribution in [3.8, 4) is 0 Å². The van der Waals surface area contributed by atoms with Gasteiger partial charge in [-0.15, -0.1) is 0 Å². The third kappa shape index (κ3) is 2.22. The molecule has 0 atom stereocenters. The fourth-order valence-corrected chi connectivity index (χ4v) is 1.54. The first-order chi connectivity index (χ1) is 5.77. The summed E-state index contributed by atoms with van der Waals surface area (Å²) in [6, 6.07) is 5.17. The maximum atomic E-state index is 13.2. The fourth-order valence-electron chi connectivity index (χ4n) is 0.990. The van der Waals surface area contributed by atoms with Crippen molar-refractivity contribution in [1.82, 2.24) is 0 Å². The lowest BCUT2D eigenvalue weighted by Crippen LogP contribution is -1.98. The molecule has 0 radical (unpaired) electrons. The quantitative estimate of drug-likeness (QED) is 0.780. The maximum Gasteiger partial charge on any atom is 0.127 e. The van der Waals surface area contributed by atoms with Gasteiger partial charge in [-0.25, -0.2) is 4.39 Å². The van der Waals surface area contributed by atoms with Crippen LogP contribution in [0.3, 0.4) is 0 Å². The first-order valence-corrected chi connectivity index (χ1v) is 5.13. The number of hydrogen-bond acceptors (Lipinski definition) is 2. The molecule has 1 rings (SSSR count). The van der Waals surface area contributed by atoms with Crippen molar-refractivity contribution in [3.05, 3.63) is 35.1 Å². The monoisotopic (exact) mass is 185 g/mol. The van der Waals surface area contributed by atoms with E-state index in [0.717, 1.165) is 16.9 Å². The van der Waals surface area contributed by atoms with Crippen molar-refractivity contribution in [2.75, 3.05) is 6.26 Å². The molecule has 3 heteroatoms. The SMILES string of the molecule is CSCc1ccc(CN)cc1F. The van der Waals surface area contributed by atoms with E-state index >= 15 is 0 Å². The van der Waals surface area contributed by atoms with E-state index in [9.17, 15) is 4.39 Å². The van der Waals surface area contributed by atoms with Crippen molar-refractivity contribution >= 4 is 11.8 Å². The van der Waals surface area contributed by atoms with E-state index in [1.54, 1.807) is 17.8 Å². The minimum absolute atomic E-state index is 0.146. The number of thioether (sulfide) groups is 1. The van der Waals surface area contributed by atoms with Gasteiger partial charge in [-0.05, 0) is 23.4 Å². The molecule has 0 saturated heterocycles. The molecule has 0 amide bonds. The smallest absolute Gasteiger partial charge is 0.127 e. The highest BCUT2D eigenvalue weighted by molar-refractivity contribution is 7.97. The first kappa shape index (κ1) is 9.55. The fraction of sp³-hybridized carbons (Fsp3) is 0.333. The summed E-state index contributed by atoms with van der Waals surface area (Å²) in [4.78, 5) is 0. The number of hydrogen-bond donors (Lipinski definition) is 1. The third-order valence-electron chi connectivity index (χ3n) is 1.65. The Morgan fingerprint density at radius 1 is 1.50 bits per heavy atom. The molecule has 12 heavy (non-hydrogen) atoms. The summed E-state index contributed by atoms with van der Waals surface area (Å²) in [7, 11) is 0. The summed E-state index contributed by atoms with van der Waals surface area (Å²) in [5, 5.41) is 0. The van der Waals surface area contributed by atoms with E-state index in [4.69, 9.17) is 5.73 Å². The van der Waals surface area contributed by atoms with Gasteiger partial charge in [0, 0.05) is 12.3 Å². The van der Waals surface area contributed by atoms with Gasteiger partial charge in [0.05, 0.1) is 0 Å². The predicted molar refractivity (Wildman–Crippen MR) is 51.5 cm³/mol. The van der Waals surface area contributed by atoms with Gasteiger partial charge in [0.1, 0.15) is 5.82 Å². The Hall–Kier alpha value is -0.540. The summed E-state index contributed by atoms with van der Waals surface area (Å²) in [6.07, 6.45) is 1.95. The predicted octanol–water partition coefficient (Wildman–Crippen LogP) is 2.15. The van der Waals surface area contributed by atoms with Crippen molar-refractivity contribution in [2.24, 2.45) is 5.73 Å². The molecule has 0 aliphatic carbocycles. The standard InChI is InChI=1S/C9H12FNS/c1-12-6-8-3-2-7(5-11)4-9(8)10/h2-4H,5-6,11H2,1H3. The molecule has 66 valence electrons. The van der Waals surface area contributed by atoms with Crippen LogP contribution in [0.25, 0.3) is 0 Å². The maximum absolute atomic E-state index is 13.2. The summed E-state index contributed by atoms with van der Waals surface area (Å²) >= 11 is 1.61. The highest BCUT2D eigenvalue weighted by Gasteiger charge is 2.01. The molecule has 0 spiro atoms. The van der Waals surface area contributed by atoms with Gasteiger partial charge in [-0.1, -0.05) is 12.1 Å². The van der Waals surface area contributed by atoms with Crippen LogP contribution in [-0.4, -0.2) is 6.26 Å². The van der Waals surface area contributed by atoms with Crippen LogP contribution >= 0.6 is 11.8 Å². The molecule has 1 nitrogen and oxygen atoms in total. The van der Waals surface area contributed by atoms with E-state index in [2.05, 4.69) is 0 Å². The molecule has 1 aromatic rings. The van der Waals surface area contributed by atoms with Gasteiger partial charge in [-0.3, -0.25) is 0 Å². The zero-order valence-corrected chi connectivity index (χ0v) is 7.83. The summed E-state index contributed by atoms with van der Waals surface area (Å²) < 4.78 is 13.2. The molecule has 0 aliphatic rings. The molecular weight excluding hydrogens is 173 g/mol. The van der Waals surface area contributed by atoms with Gasteiger partial charge in [0.15, 0.2) is 0 Å². The molecule has 0 aliphatic heterocycles. The number of benzene rings is 1. The minimum atomic E-state index is -0.146. The average molecular weight is 185 g/mol. The first-order valence-electron chi connectivity index (χ1n) is 3.74. The second-order valence-electron chi connectivity index (χ2n) is 2.56. The lowest BCUT2D eigenvalue weighted by atomic mass is 10.1. The average Bonchev–Trinajstić information content (AvgIpc) is 2.09. The molecule has 0 bridgehead atoms. The lowest BCUT2D eigenvalue weighted by Gasteiger charge is -2.02. The van der Waals surface area contributed by atoms with E-state index in [1.807, 2.05) is 12.3 Å². The van der Waals surface area contributed by atoms with Crippen LogP contribution in [0.15, 0.2) is 18.2 Å². The Morgan fingerprint density at radius 3 is 2.75 bits per heavy atom. The molecule has 1 aromatic carbocycles. The van der Waals surface area contributed by atoms with Crippen LogP contribution in [0.4, 0.5) is 4.39 Å². The van der Waals surface area contributed by atoms with Gasteiger partial charge in [0.25, 0.3) is 0 Å². The van der Waals surface area contributed by atoms with Crippen LogP contribution in [0.2, 0.25) is 0 Å². The van der Waals surface area contributed by atoms with Crippen LogP contribution in [-0.2, 0) is 12.3 Å². The number of nitrogens with two attached hydrogens (primary N) is 1.